The highest BCUT2D eigenvalue weighted by molar-refractivity contribution is 6.17. The van der Waals surface area contributed by atoms with E-state index in [1.54, 1.807) is 6.33 Å². The minimum atomic E-state index is 0.504. The molecule has 0 radical (unpaired) electrons. The van der Waals surface area contributed by atoms with Gasteiger partial charge < -0.3 is 4.57 Å². The molecule has 14 heavy (non-hydrogen) atoms. The van der Waals surface area contributed by atoms with Crippen LogP contribution >= 0.6 is 11.6 Å². The Bertz CT molecular complexity index is 471. The van der Waals surface area contributed by atoms with Gasteiger partial charge in [-0.05, 0) is 18.6 Å². The summed E-state index contributed by atoms with van der Waals surface area (Å²) in [5, 5.41) is 0. The van der Waals surface area contributed by atoms with E-state index < -0.39 is 0 Å². The molecule has 0 spiro atoms. The van der Waals surface area contributed by atoms with E-state index in [1.165, 1.54) is 0 Å². The summed E-state index contributed by atoms with van der Waals surface area (Å²) >= 11 is 5.82. The van der Waals surface area contributed by atoms with Crippen LogP contribution in [0.1, 0.15) is 12.5 Å². The predicted octanol–water partition coefficient (Wildman–Crippen LogP) is 3.27. The lowest BCUT2D eigenvalue weighted by Gasteiger charge is -1.98. The Morgan fingerprint density at radius 1 is 1.50 bits per heavy atom. The molecule has 0 aliphatic rings. The molecule has 0 atom stereocenters. The zero-order valence-corrected chi connectivity index (χ0v) is 8.70. The van der Waals surface area contributed by atoms with Gasteiger partial charge in [0.15, 0.2) is 0 Å². The summed E-state index contributed by atoms with van der Waals surface area (Å²) < 4.78 is 1.99. The largest absolute Gasteiger partial charge is 0.306 e. The summed E-state index contributed by atoms with van der Waals surface area (Å²) in [5.74, 6) is 0.504. The number of allylic oxidation sites excluding steroid dienone is 1. The molecule has 0 saturated heterocycles. The predicted molar refractivity (Wildman–Crippen MR) is 60.3 cm³/mol. The monoisotopic (exact) mass is 206 g/mol. The van der Waals surface area contributed by atoms with Crippen molar-refractivity contribution in [1.82, 2.24) is 9.55 Å². The molecule has 2 nitrogen and oxygen atoms in total. The van der Waals surface area contributed by atoms with Gasteiger partial charge in [0, 0.05) is 12.1 Å². The van der Waals surface area contributed by atoms with Gasteiger partial charge in [0.2, 0.25) is 0 Å². The number of halogens is 1. The van der Waals surface area contributed by atoms with Crippen molar-refractivity contribution in [3.8, 4) is 0 Å². The van der Waals surface area contributed by atoms with Crippen LogP contribution < -0.4 is 0 Å². The Hall–Kier alpha value is -1.28. The number of benzene rings is 1. The minimum absolute atomic E-state index is 0.504. The molecule has 1 aromatic heterocycles. The zero-order valence-electron chi connectivity index (χ0n) is 7.94. The fraction of sp³-hybridized carbons (Fsp3) is 0.182. The zero-order chi connectivity index (χ0) is 9.97. The van der Waals surface area contributed by atoms with Gasteiger partial charge in [0.1, 0.15) is 0 Å². The highest BCUT2D eigenvalue weighted by Crippen LogP contribution is 2.18. The first kappa shape index (κ1) is 9.28. The second-order valence-electron chi connectivity index (χ2n) is 3.05. The number of alkyl halides is 1. The Kier molecular flexibility index (Phi) is 2.55. The van der Waals surface area contributed by atoms with Crippen molar-refractivity contribution in [3.05, 3.63) is 36.2 Å². The van der Waals surface area contributed by atoms with Crippen molar-refractivity contribution in [2.75, 3.05) is 0 Å². The lowest BCUT2D eigenvalue weighted by molar-refractivity contribution is 1.17. The van der Waals surface area contributed by atoms with Crippen LogP contribution in [-0.2, 0) is 5.88 Å². The van der Waals surface area contributed by atoms with E-state index in [4.69, 9.17) is 11.6 Å². The summed E-state index contributed by atoms with van der Waals surface area (Å²) in [4.78, 5) is 4.34. The summed E-state index contributed by atoms with van der Waals surface area (Å²) in [6.07, 6.45) is 5.77. The van der Waals surface area contributed by atoms with Crippen molar-refractivity contribution >= 4 is 28.8 Å². The highest BCUT2D eigenvalue weighted by atomic mass is 35.5. The first-order valence-corrected chi connectivity index (χ1v) is 5.03. The first-order chi connectivity index (χ1) is 6.86. The molecule has 72 valence electrons. The molecule has 0 saturated carbocycles. The number of rotatable bonds is 2. The number of hydrogen-bond donors (Lipinski definition) is 0. The van der Waals surface area contributed by atoms with Gasteiger partial charge in [-0.3, -0.25) is 0 Å². The first-order valence-electron chi connectivity index (χ1n) is 4.50. The molecule has 2 rings (SSSR count). The van der Waals surface area contributed by atoms with Crippen LogP contribution in [0.3, 0.4) is 0 Å². The standard InChI is InChI=1S/C11H11ClN2/c1-2-6-14-8-13-11-9(7-12)4-3-5-10(11)14/h2-6,8H,7H2,1H3/b6-2+. The van der Waals surface area contributed by atoms with E-state index >= 15 is 0 Å². The van der Waals surface area contributed by atoms with Crippen LogP contribution in [-0.4, -0.2) is 9.55 Å². The van der Waals surface area contributed by atoms with Gasteiger partial charge in [0.25, 0.3) is 0 Å². The average molecular weight is 207 g/mol. The van der Waals surface area contributed by atoms with Crippen molar-refractivity contribution in [1.29, 1.82) is 0 Å². The maximum Gasteiger partial charge on any atom is 0.0999 e. The molecule has 0 bridgehead atoms. The molecule has 3 heteroatoms. The molecule has 1 heterocycles. The molecule has 2 aromatic rings. The maximum absolute atomic E-state index is 5.82. The number of para-hydroxylation sites is 1. The molecule has 0 N–H and O–H groups in total. The van der Waals surface area contributed by atoms with Crippen molar-refractivity contribution in [2.45, 2.75) is 12.8 Å². The number of hydrogen-bond acceptors (Lipinski definition) is 1. The average Bonchev–Trinajstić information content (AvgIpc) is 2.62. The number of aromatic nitrogens is 2. The van der Waals surface area contributed by atoms with E-state index in [2.05, 4.69) is 4.98 Å². The maximum atomic E-state index is 5.82. The van der Waals surface area contributed by atoms with Gasteiger partial charge in [-0.2, -0.15) is 0 Å². The van der Waals surface area contributed by atoms with Gasteiger partial charge in [0.05, 0.1) is 17.4 Å². The lowest BCUT2D eigenvalue weighted by Crippen LogP contribution is -1.84. The smallest absolute Gasteiger partial charge is 0.0999 e. The summed E-state index contributed by atoms with van der Waals surface area (Å²) in [5.41, 5.74) is 3.16. The van der Waals surface area contributed by atoms with Gasteiger partial charge in [-0.25, -0.2) is 4.98 Å². The number of nitrogens with zero attached hydrogens (tertiary/aromatic N) is 2. The van der Waals surface area contributed by atoms with Crippen molar-refractivity contribution in [2.24, 2.45) is 0 Å². The normalized spacial score (nSPS) is 11.6. The van der Waals surface area contributed by atoms with E-state index in [9.17, 15) is 0 Å². The summed E-state index contributed by atoms with van der Waals surface area (Å²) in [6.45, 7) is 1.98. The van der Waals surface area contributed by atoms with Gasteiger partial charge >= 0.3 is 0 Å². The Morgan fingerprint density at radius 2 is 2.36 bits per heavy atom. The fourth-order valence-electron chi connectivity index (χ4n) is 1.50. The Morgan fingerprint density at radius 3 is 3.07 bits per heavy atom. The third-order valence-electron chi connectivity index (χ3n) is 2.14. The molecular weight excluding hydrogens is 196 g/mol. The molecular formula is C11H11ClN2. The van der Waals surface area contributed by atoms with Crippen LogP contribution in [0.25, 0.3) is 17.2 Å². The molecule has 0 amide bonds. The topological polar surface area (TPSA) is 17.8 Å². The summed E-state index contributed by atoms with van der Waals surface area (Å²) in [6, 6.07) is 6.04. The molecule has 0 fully saturated rings. The summed E-state index contributed by atoms with van der Waals surface area (Å²) in [7, 11) is 0. The van der Waals surface area contributed by atoms with Crippen LogP contribution in [0, 0.1) is 0 Å². The SMILES string of the molecule is C/C=C/n1cnc2c(CCl)cccc21. The minimum Gasteiger partial charge on any atom is -0.306 e. The van der Waals surface area contributed by atoms with E-state index in [0.29, 0.717) is 5.88 Å². The molecule has 1 aromatic carbocycles. The van der Waals surface area contributed by atoms with E-state index in [-0.39, 0.29) is 0 Å². The third kappa shape index (κ3) is 1.42. The second-order valence-corrected chi connectivity index (χ2v) is 3.32. The second kappa shape index (κ2) is 3.84. The van der Waals surface area contributed by atoms with E-state index in [0.717, 1.165) is 16.6 Å². The van der Waals surface area contributed by atoms with Crippen LogP contribution in [0.15, 0.2) is 30.6 Å². The quantitative estimate of drug-likeness (QED) is 0.690. The highest BCUT2D eigenvalue weighted by Gasteiger charge is 2.03. The molecule has 0 aliphatic carbocycles. The van der Waals surface area contributed by atoms with Crippen molar-refractivity contribution in [3.63, 3.8) is 0 Å². The Balaban J connectivity index is 2.69. The number of fused-ring (bicyclic) bond motifs is 1. The van der Waals surface area contributed by atoms with Gasteiger partial charge in [-0.1, -0.05) is 18.2 Å². The molecule has 0 unspecified atom stereocenters. The van der Waals surface area contributed by atoms with Crippen molar-refractivity contribution < 1.29 is 0 Å². The van der Waals surface area contributed by atoms with Crippen LogP contribution in [0.2, 0.25) is 0 Å². The van der Waals surface area contributed by atoms with Gasteiger partial charge in [-0.15, -0.1) is 11.6 Å². The lowest BCUT2D eigenvalue weighted by atomic mass is 10.2. The van der Waals surface area contributed by atoms with E-state index in [1.807, 2.05) is 42.0 Å². The third-order valence-corrected chi connectivity index (χ3v) is 2.43. The fourth-order valence-corrected chi connectivity index (χ4v) is 1.72. The van der Waals surface area contributed by atoms with Crippen LogP contribution in [0.4, 0.5) is 0 Å². The number of imidazole rings is 1. The Labute approximate surface area is 87.8 Å². The van der Waals surface area contributed by atoms with Crippen LogP contribution in [0.5, 0.6) is 0 Å². The molecule has 0 aliphatic heterocycles.